The maximum Gasteiger partial charge on any atom is 0.253 e. The van der Waals surface area contributed by atoms with E-state index in [-0.39, 0.29) is 5.91 Å². The standard InChI is InChI=1S/C18H23N3O2/c1-23-9-7-14-4-3-8-21(13-14)18(22)16-6-2-5-15(10-16)17-11-19-20-12-17/h2,5-6,10-12,14H,3-4,7-9,13H2,1H3,(H,19,20)/t14-/m1/s1. The van der Waals surface area contributed by atoms with Crippen LogP contribution in [0.3, 0.4) is 0 Å². The Bertz CT molecular complexity index is 639. The molecule has 0 aliphatic carbocycles. The first kappa shape index (κ1) is 15.7. The first-order valence-corrected chi connectivity index (χ1v) is 8.15. The number of aromatic nitrogens is 2. The number of hydrogen-bond acceptors (Lipinski definition) is 3. The van der Waals surface area contributed by atoms with Crippen molar-refractivity contribution in [1.82, 2.24) is 15.1 Å². The van der Waals surface area contributed by atoms with E-state index in [1.165, 1.54) is 6.42 Å². The molecule has 0 spiro atoms. The minimum atomic E-state index is 0.123. The summed E-state index contributed by atoms with van der Waals surface area (Å²) in [7, 11) is 1.73. The van der Waals surface area contributed by atoms with Gasteiger partial charge in [0, 0.05) is 44.1 Å². The normalized spacial score (nSPS) is 18.1. The third kappa shape index (κ3) is 3.79. The van der Waals surface area contributed by atoms with Crippen molar-refractivity contribution in [3.63, 3.8) is 0 Å². The second-order valence-corrected chi connectivity index (χ2v) is 6.11. The zero-order chi connectivity index (χ0) is 16.1. The van der Waals surface area contributed by atoms with Crippen molar-refractivity contribution in [2.45, 2.75) is 19.3 Å². The van der Waals surface area contributed by atoms with Crippen LogP contribution in [0.1, 0.15) is 29.6 Å². The summed E-state index contributed by atoms with van der Waals surface area (Å²) < 4.78 is 5.17. The molecule has 3 rings (SSSR count). The van der Waals surface area contributed by atoms with E-state index in [4.69, 9.17) is 4.74 Å². The maximum absolute atomic E-state index is 12.8. The smallest absolute Gasteiger partial charge is 0.253 e. The van der Waals surface area contributed by atoms with Crippen LogP contribution in [-0.2, 0) is 4.74 Å². The molecular weight excluding hydrogens is 290 g/mol. The van der Waals surface area contributed by atoms with E-state index >= 15 is 0 Å². The molecule has 1 fully saturated rings. The lowest BCUT2D eigenvalue weighted by atomic mass is 9.94. The van der Waals surface area contributed by atoms with Gasteiger partial charge in [-0.15, -0.1) is 0 Å². The number of hydrogen-bond donors (Lipinski definition) is 1. The minimum Gasteiger partial charge on any atom is -0.385 e. The first-order valence-electron chi connectivity index (χ1n) is 8.15. The van der Waals surface area contributed by atoms with Gasteiger partial charge in [0.25, 0.3) is 5.91 Å². The molecule has 0 unspecified atom stereocenters. The lowest BCUT2D eigenvalue weighted by Crippen LogP contribution is -2.40. The van der Waals surface area contributed by atoms with Crippen molar-refractivity contribution in [3.05, 3.63) is 42.2 Å². The predicted molar refractivity (Wildman–Crippen MR) is 89.1 cm³/mol. The molecule has 122 valence electrons. The van der Waals surface area contributed by atoms with Gasteiger partial charge in [0.2, 0.25) is 0 Å². The van der Waals surface area contributed by atoms with Crippen LogP contribution < -0.4 is 0 Å². The van der Waals surface area contributed by atoms with Crippen LogP contribution in [0.15, 0.2) is 36.7 Å². The topological polar surface area (TPSA) is 58.2 Å². The molecule has 1 aromatic carbocycles. The molecule has 1 saturated heterocycles. The minimum absolute atomic E-state index is 0.123. The monoisotopic (exact) mass is 313 g/mol. The lowest BCUT2D eigenvalue weighted by Gasteiger charge is -2.33. The van der Waals surface area contributed by atoms with Crippen molar-refractivity contribution < 1.29 is 9.53 Å². The zero-order valence-corrected chi connectivity index (χ0v) is 13.5. The van der Waals surface area contributed by atoms with Crippen LogP contribution in [0.4, 0.5) is 0 Å². The van der Waals surface area contributed by atoms with E-state index in [1.807, 2.05) is 35.4 Å². The third-order valence-corrected chi connectivity index (χ3v) is 4.48. The predicted octanol–water partition coefficient (Wildman–Crippen LogP) is 2.97. The summed E-state index contributed by atoms with van der Waals surface area (Å²) in [5.41, 5.74) is 2.75. The number of H-pyrrole nitrogens is 1. The lowest BCUT2D eigenvalue weighted by molar-refractivity contribution is 0.0642. The van der Waals surface area contributed by atoms with Crippen LogP contribution in [0.25, 0.3) is 11.1 Å². The summed E-state index contributed by atoms with van der Waals surface area (Å²) in [4.78, 5) is 14.8. The molecule has 2 heterocycles. The molecule has 2 aromatic rings. The summed E-state index contributed by atoms with van der Waals surface area (Å²) in [5, 5.41) is 6.78. The van der Waals surface area contributed by atoms with Crippen molar-refractivity contribution in [3.8, 4) is 11.1 Å². The molecule has 0 saturated carbocycles. The van der Waals surface area contributed by atoms with Gasteiger partial charge < -0.3 is 9.64 Å². The van der Waals surface area contributed by atoms with E-state index < -0.39 is 0 Å². The Morgan fingerprint density at radius 3 is 3.13 bits per heavy atom. The molecule has 5 heteroatoms. The molecule has 1 amide bonds. The van der Waals surface area contributed by atoms with Gasteiger partial charge in [0.05, 0.1) is 6.20 Å². The molecule has 0 bridgehead atoms. The number of likely N-dealkylation sites (tertiary alicyclic amines) is 1. The summed E-state index contributed by atoms with van der Waals surface area (Å²) >= 11 is 0. The van der Waals surface area contributed by atoms with Crippen molar-refractivity contribution in [1.29, 1.82) is 0 Å². The molecule has 1 N–H and O–H groups in total. The summed E-state index contributed by atoms with van der Waals surface area (Å²) in [6, 6.07) is 7.78. The highest BCUT2D eigenvalue weighted by Crippen LogP contribution is 2.23. The van der Waals surface area contributed by atoms with E-state index in [0.717, 1.165) is 49.2 Å². The first-order chi connectivity index (χ1) is 11.3. The van der Waals surface area contributed by atoms with Gasteiger partial charge in [0.1, 0.15) is 0 Å². The third-order valence-electron chi connectivity index (χ3n) is 4.48. The number of aromatic amines is 1. The number of carbonyl (C=O) groups excluding carboxylic acids is 1. The molecule has 1 atom stereocenters. The fraction of sp³-hybridized carbons (Fsp3) is 0.444. The second-order valence-electron chi connectivity index (χ2n) is 6.11. The van der Waals surface area contributed by atoms with Gasteiger partial charge in [-0.2, -0.15) is 5.10 Å². The largest absolute Gasteiger partial charge is 0.385 e. The van der Waals surface area contributed by atoms with Crippen LogP contribution in [0.2, 0.25) is 0 Å². The molecule has 1 aromatic heterocycles. The zero-order valence-electron chi connectivity index (χ0n) is 13.5. The highest BCUT2D eigenvalue weighted by Gasteiger charge is 2.24. The van der Waals surface area contributed by atoms with E-state index in [0.29, 0.717) is 5.92 Å². The van der Waals surface area contributed by atoms with Gasteiger partial charge >= 0.3 is 0 Å². The molecular formula is C18H23N3O2. The van der Waals surface area contributed by atoms with Gasteiger partial charge in [-0.25, -0.2) is 0 Å². The van der Waals surface area contributed by atoms with Gasteiger partial charge in [0.15, 0.2) is 0 Å². The summed E-state index contributed by atoms with van der Waals surface area (Å²) in [6.07, 6.45) is 6.88. The highest BCUT2D eigenvalue weighted by molar-refractivity contribution is 5.95. The van der Waals surface area contributed by atoms with E-state index in [9.17, 15) is 4.79 Å². The molecule has 0 radical (unpaired) electrons. The molecule has 23 heavy (non-hydrogen) atoms. The molecule has 1 aliphatic rings. The fourth-order valence-electron chi connectivity index (χ4n) is 3.19. The van der Waals surface area contributed by atoms with Crippen LogP contribution >= 0.6 is 0 Å². The Morgan fingerprint density at radius 2 is 2.35 bits per heavy atom. The van der Waals surface area contributed by atoms with Gasteiger partial charge in [-0.3, -0.25) is 9.89 Å². The number of amides is 1. The Morgan fingerprint density at radius 1 is 1.43 bits per heavy atom. The Labute approximate surface area is 136 Å². The highest BCUT2D eigenvalue weighted by atomic mass is 16.5. The Balaban J connectivity index is 1.71. The number of rotatable bonds is 5. The average Bonchev–Trinajstić information content (AvgIpc) is 3.14. The van der Waals surface area contributed by atoms with E-state index in [2.05, 4.69) is 10.2 Å². The number of piperidine rings is 1. The number of nitrogens with one attached hydrogen (secondary N) is 1. The number of benzene rings is 1. The van der Waals surface area contributed by atoms with Gasteiger partial charge in [-0.05, 0) is 42.9 Å². The van der Waals surface area contributed by atoms with Gasteiger partial charge in [-0.1, -0.05) is 12.1 Å². The number of nitrogens with zero attached hydrogens (tertiary/aromatic N) is 2. The Kier molecular flexibility index (Phi) is 5.08. The fourth-order valence-corrected chi connectivity index (χ4v) is 3.19. The quantitative estimate of drug-likeness (QED) is 0.923. The maximum atomic E-state index is 12.8. The summed E-state index contributed by atoms with van der Waals surface area (Å²) in [5.74, 6) is 0.669. The molecule has 1 aliphatic heterocycles. The van der Waals surface area contributed by atoms with Crippen molar-refractivity contribution in [2.24, 2.45) is 5.92 Å². The van der Waals surface area contributed by atoms with Crippen LogP contribution in [0.5, 0.6) is 0 Å². The SMILES string of the molecule is COCC[C@H]1CCCN(C(=O)c2cccc(-c3cn[nH]c3)c2)C1. The molecule has 5 nitrogen and oxygen atoms in total. The van der Waals surface area contributed by atoms with E-state index in [1.54, 1.807) is 13.3 Å². The number of ether oxygens (including phenoxy) is 1. The number of methoxy groups -OCH3 is 1. The average molecular weight is 313 g/mol. The number of carbonyl (C=O) groups is 1. The van der Waals surface area contributed by atoms with Crippen LogP contribution in [0, 0.1) is 5.92 Å². The summed E-state index contributed by atoms with van der Waals surface area (Å²) in [6.45, 7) is 2.44. The van der Waals surface area contributed by atoms with Crippen molar-refractivity contribution in [2.75, 3.05) is 26.8 Å². The van der Waals surface area contributed by atoms with Crippen LogP contribution in [-0.4, -0.2) is 47.8 Å². The second kappa shape index (κ2) is 7.42. The Hall–Kier alpha value is -2.14. The van der Waals surface area contributed by atoms with Crippen molar-refractivity contribution >= 4 is 5.91 Å².